The smallest absolute Gasteiger partial charge is 0.0543 e. The van der Waals surface area contributed by atoms with Crippen molar-refractivity contribution in [3.05, 3.63) is 0 Å². The first kappa shape index (κ1) is 13.0. The summed E-state index contributed by atoms with van der Waals surface area (Å²) in [7, 11) is 0. The molecule has 0 aliphatic heterocycles. The molecule has 1 aliphatic rings. The number of rotatable bonds is 4. The van der Waals surface area contributed by atoms with E-state index in [1.165, 1.54) is 19.3 Å². The summed E-state index contributed by atoms with van der Waals surface area (Å²) in [4.78, 5) is 0. The lowest BCUT2D eigenvalue weighted by molar-refractivity contribution is 0.100. The first-order valence-electron chi connectivity index (χ1n) is 6.36. The van der Waals surface area contributed by atoms with E-state index in [4.69, 9.17) is 0 Å². The zero-order valence-electron chi connectivity index (χ0n) is 10.6. The predicted molar refractivity (Wildman–Crippen MR) is 64.9 cm³/mol. The van der Waals surface area contributed by atoms with Gasteiger partial charge in [0.15, 0.2) is 0 Å². The van der Waals surface area contributed by atoms with Gasteiger partial charge in [0.1, 0.15) is 0 Å². The van der Waals surface area contributed by atoms with Crippen molar-refractivity contribution < 1.29 is 5.11 Å². The predicted octanol–water partition coefficient (Wildman–Crippen LogP) is 2.56. The maximum Gasteiger partial charge on any atom is 0.0543 e. The van der Waals surface area contributed by atoms with E-state index in [2.05, 4.69) is 26.1 Å². The van der Waals surface area contributed by atoms with Crippen LogP contribution < -0.4 is 5.32 Å². The minimum atomic E-state index is -0.0341. The van der Waals surface area contributed by atoms with Crippen LogP contribution in [0.2, 0.25) is 0 Å². The average Bonchev–Trinajstić information content (AvgIpc) is 2.11. The molecule has 2 heteroatoms. The van der Waals surface area contributed by atoms with Crippen molar-refractivity contribution in [2.24, 2.45) is 11.3 Å². The molecule has 0 aromatic carbocycles. The van der Waals surface area contributed by atoms with Gasteiger partial charge < -0.3 is 10.4 Å². The maximum atomic E-state index is 9.54. The van der Waals surface area contributed by atoms with Gasteiger partial charge in [-0.15, -0.1) is 0 Å². The summed E-state index contributed by atoms with van der Waals surface area (Å²) in [5, 5.41) is 13.1. The Morgan fingerprint density at radius 1 is 1.27 bits per heavy atom. The third kappa shape index (κ3) is 6.16. The molecular formula is C13H27NO. The van der Waals surface area contributed by atoms with Gasteiger partial charge in [-0.25, -0.2) is 0 Å². The molecule has 0 aromatic rings. The molecule has 2 atom stereocenters. The Morgan fingerprint density at radius 2 is 2.00 bits per heavy atom. The summed E-state index contributed by atoms with van der Waals surface area (Å²) in [5.41, 5.74) is 0.430. The molecular weight excluding hydrogens is 186 g/mol. The molecule has 2 N–H and O–H groups in total. The van der Waals surface area contributed by atoms with Crippen LogP contribution in [0.4, 0.5) is 0 Å². The standard InChI is InChI=1S/C13H27NO/c1-13(2,3)7-8-14-10-11-5-4-6-12(15)9-11/h11-12,14-15H,4-10H2,1-3H3. The summed E-state index contributed by atoms with van der Waals surface area (Å²) < 4.78 is 0. The Morgan fingerprint density at radius 3 is 2.60 bits per heavy atom. The van der Waals surface area contributed by atoms with Gasteiger partial charge in [-0.1, -0.05) is 27.2 Å². The van der Waals surface area contributed by atoms with Crippen molar-refractivity contribution in [1.29, 1.82) is 0 Å². The second-order valence-corrected chi connectivity index (χ2v) is 6.20. The molecule has 0 heterocycles. The molecule has 15 heavy (non-hydrogen) atoms. The van der Waals surface area contributed by atoms with Crippen molar-refractivity contribution in [3.8, 4) is 0 Å². The van der Waals surface area contributed by atoms with Crippen LogP contribution in [-0.2, 0) is 0 Å². The molecule has 0 aromatic heterocycles. The SMILES string of the molecule is CC(C)(C)CCNCC1CCCC(O)C1. The maximum absolute atomic E-state index is 9.54. The Balaban J connectivity index is 2.04. The molecule has 2 unspecified atom stereocenters. The van der Waals surface area contributed by atoms with Gasteiger partial charge in [0.25, 0.3) is 0 Å². The number of hydrogen-bond acceptors (Lipinski definition) is 2. The Kier molecular flexibility index (Phi) is 5.07. The quantitative estimate of drug-likeness (QED) is 0.703. The third-order valence-electron chi connectivity index (χ3n) is 3.24. The van der Waals surface area contributed by atoms with Gasteiger partial charge in [-0.3, -0.25) is 0 Å². The monoisotopic (exact) mass is 213 g/mol. The molecule has 0 amide bonds. The topological polar surface area (TPSA) is 32.3 Å². The molecule has 0 saturated heterocycles. The van der Waals surface area contributed by atoms with Crippen LogP contribution in [-0.4, -0.2) is 24.3 Å². The van der Waals surface area contributed by atoms with E-state index in [-0.39, 0.29) is 6.10 Å². The Hall–Kier alpha value is -0.0800. The second kappa shape index (κ2) is 5.86. The van der Waals surface area contributed by atoms with Gasteiger partial charge in [-0.2, -0.15) is 0 Å². The van der Waals surface area contributed by atoms with Crippen LogP contribution in [0.15, 0.2) is 0 Å². The molecule has 1 aliphatic carbocycles. The molecule has 0 spiro atoms. The van der Waals surface area contributed by atoms with Crippen molar-refractivity contribution in [1.82, 2.24) is 5.32 Å². The van der Waals surface area contributed by atoms with Gasteiger partial charge in [0, 0.05) is 0 Å². The summed E-state index contributed by atoms with van der Waals surface area (Å²) in [6, 6.07) is 0. The summed E-state index contributed by atoms with van der Waals surface area (Å²) in [6.07, 6.45) is 5.70. The highest BCUT2D eigenvalue weighted by Crippen LogP contribution is 2.23. The lowest BCUT2D eigenvalue weighted by Gasteiger charge is -2.26. The van der Waals surface area contributed by atoms with Crippen LogP contribution in [0.1, 0.15) is 52.9 Å². The largest absolute Gasteiger partial charge is 0.393 e. The fourth-order valence-electron chi connectivity index (χ4n) is 2.22. The molecule has 2 nitrogen and oxygen atoms in total. The Labute approximate surface area is 94.5 Å². The van der Waals surface area contributed by atoms with Crippen molar-refractivity contribution in [3.63, 3.8) is 0 Å². The van der Waals surface area contributed by atoms with Crippen LogP contribution in [0.3, 0.4) is 0 Å². The first-order chi connectivity index (χ1) is 6.97. The van der Waals surface area contributed by atoms with E-state index >= 15 is 0 Å². The zero-order chi connectivity index (χ0) is 11.3. The fourth-order valence-corrected chi connectivity index (χ4v) is 2.22. The van der Waals surface area contributed by atoms with E-state index in [0.29, 0.717) is 11.3 Å². The molecule has 1 fully saturated rings. The normalized spacial score (nSPS) is 28.0. The van der Waals surface area contributed by atoms with Crippen LogP contribution in [0.5, 0.6) is 0 Å². The minimum Gasteiger partial charge on any atom is -0.393 e. The first-order valence-corrected chi connectivity index (χ1v) is 6.36. The van der Waals surface area contributed by atoms with Crippen molar-refractivity contribution in [2.75, 3.05) is 13.1 Å². The van der Waals surface area contributed by atoms with Crippen molar-refractivity contribution in [2.45, 2.75) is 59.0 Å². The van der Waals surface area contributed by atoms with E-state index < -0.39 is 0 Å². The summed E-state index contributed by atoms with van der Waals surface area (Å²) in [6.45, 7) is 9.03. The van der Waals surface area contributed by atoms with Gasteiger partial charge in [-0.05, 0) is 50.1 Å². The molecule has 1 rings (SSSR count). The fraction of sp³-hybridized carbons (Fsp3) is 1.00. The van der Waals surface area contributed by atoms with E-state index in [0.717, 1.165) is 25.9 Å². The van der Waals surface area contributed by atoms with Crippen LogP contribution in [0, 0.1) is 11.3 Å². The molecule has 90 valence electrons. The average molecular weight is 213 g/mol. The van der Waals surface area contributed by atoms with Crippen LogP contribution >= 0.6 is 0 Å². The van der Waals surface area contributed by atoms with Crippen LogP contribution in [0.25, 0.3) is 0 Å². The van der Waals surface area contributed by atoms with Gasteiger partial charge in [0.05, 0.1) is 6.10 Å². The van der Waals surface area contributed by atoms with Gasteiger partial charge >= 0.3 is 0 Å². The molecule has 0 bridgehead atoms. The number of aliphatic hydroxyl groups is 1. The number of hydrogen-bond donors (Lipinski definition) is 2. The second-order valence-electron chi connectivity index (χ2n) is 6.20. The Bertz CT molecular complexity index is 174. The van der Waals surface area contributed by atoms with E-state index in [9.17, 15) is 5.11 Å². The van der Waals surface area contributed by atoms with Crippen molar-refractivity contribution >= 4 is 0 Å². The highest BCUT2D eigenvalue weighted by Gasteiger charge is 2.19. The highest BCUT2D eigenvalue weighted by molar-refractivity contribution is 4.74. The highest BCUT2D eigenvalue weighted by atomic mass is 16.3. The molecule has 0 radical (unpaired) electrons. The van der Waals surface area contributed by atoms with E-state index in [1.54, 1.807) is 0 Å². The summed E-state index contributed by atoms with van der Waals surface area (Å²) in [5.74, 6) is 0.703. The lowest BCUT2D eigenvalue weighted by atomic mass is 9.87. The lowest BCUT2D eigenvalue weighted by Crippen LogP contribution is -2.30. The van der Waals surface area contributed by atoms with Gasteiger partial charge in [0.2, 0.25) is 0 Å². The third-order valence-corrected chi connectivity index (χ3v) is 3.24. The molecule has 1 saturated carbocycles. The number of nitrogens with one attached hydrogen (secondary N) is 1. The van der Waals surface area contributed by atoms with E-state index in [1.807, 2.05) is 0 Å². The number of aliphatic hydroxyl groups excluding tert-OH is 1. The minimum absolute atomic E-state index is 0.0341. The summed E-state index contributed by atoms with van der Waals surface area (Å²) >= 11 is 0. The zero-order valence-corrected chi connectivity index (χ0v) is 10.6.